The molecule has 1 N–H and O–H groups in total. The van der Waals surface area contributed by atoms with Crippen LogP contribution in [0.3, 0.4) is 0 Å². The molecule has 4 rings (SSSR count). The molecule has 0 radical (unpaired) electrons. The number of Topliss-reactive ketones (excluding diaryl/α,β-unsaturated/α-hetero) is 1. The molecule has 2 aromatic carbocycles. The molecule has 0 saturated heterocycles. The zero-order valence-corrected chi connectivity index (χ0v) is 17.4. The van der Waals surface area contributed by atoms with Crippen molar-refractivity contribution < 1.29 is 14.7 Å². The molecular formula is C23H18BrClO3. The van der Waals surface area contributed by atoms with E-state index in [0.29, 0.717) is 17.9 Å². The molecule has 0 unspecified atom stereocenters. The van der Waals surface area contributed by atoms with Crippen LogP contribution in [-0.4, -0.2) is 16.9 Å². The van der Waals surface area contributed by atoms with Gasteiger partial charge in [0, 0.05) is 27.9 Å². The van der Waals surface area contributed by atoms with Gasteiger partial charge in [-0.1, -0.05) is 45.7 Å². The molecule has 0 aliphatic heterocycles. The van der Waals surface area contributed by atoms with Gasteiger partial charge in [-0.05, 0) is 76.9 Å². The summed E-state index contributed by atoms with van der Waals surface area (Å²) in [6, 6.07) is 11.9. The van der Waals surface area contributed by atoms with Crippen molar-refractivity contribution in [1.29, 1.82) is 0 Å². The Balaban J connectivity index is 1.71. The van der Waals surface area contributed by atoms with Gasteiger partial charge >= 0.3 is 5.97 Å². The lowest BCUT2D eigenvalue weighted by atomic mass is 9.94. The monoisotopic (exact) mass is 456 g/mol. The Morgan fingerprint density at radius 3 is 2.64 bits per heavy atom. The Labute approximate surface area is 176 Å². The van der Waals surface area contributed by atoms with Crippen molar-refractivity contribution >= 4 is 50.9 Å². The van der Waals surface area contributed by atoms with Gasteiger partial charge in [0.05, 0.1) is 0 Å². The van der Waals surface area contributed by atoms with Crippen LogP contribution in [0.1, 0.15) is 41.5 Å². The van der Waals surface area contributed by atoms with Crippen molar-refractivity contribution in [2.45, 2.75) is 32.1 Å². The summed E-state index contributed by atoms with van der Waals surface area (Å²) in [5.41, 5.74) is 7.35. The van der Waals surface area contributed by atoms with Crippen LogP contribution in [-0.2, 0) is 22.4 Å². The van der Waals surface area contributed by atoms with Crippen molar-refractivity contribution in [3.05, 3.63) is 79.3 Å². The number of fused-ring (bicyclic) bond motifs is 2. The first-order valence-electron chi connectivity index (χ1n) is 9.18. The maximum absolute atomic E-state index is 13.1. The SMILES string of the molecule is O=C(O)CCCC(=O)C1=C(C2=Cc3cc(Cl)ccc3C2)Cc2cc(Br)ccc21. The number of halogens is 2. The molecule has 0 amide bonds. The van der Waals surface area contributed by atoms with Crippen LogP contribution < -0.4 is 0 Å². The lowest BCUT2D eigenvalue weighted by Crippen LogP contribution is -2.05. The Kier molecular flexibility index (Phi) is 5.26. The van der Waals surface area contributed by atoms with Crippen LogP contribution in [0.25, 0.3) is 11.6 Å². The third-order valence-corrected chi connectivity index (χ3v) is 6.01. The van der Waals surface area contributed by atoms with E-state index in [-0.39, 0.29) is 18.6 Å². The van der Waals surface area contributed by atoms with E-state index in [2.05, 4.69) is 28.1 Å². The predicted octanol–water partition coefficient (Wildman–Crippen LogP) is 5.88. The molecular weight excluding hydrogens is 440 g/mol. The summed E-state index contributed by atoms with van der Waals surface area (Å²) in [6.45, 7) is 0. The highest BCUT2D eigenvalue weighted by molar-refractivity contribution is 9.10. The quantitative estimate of drug-likeness (QED) is 0.590. The van der Waals surface area contributed by atoms with Gasteiger partial charge < -0.3 is 5.11 Å². The summed E-state index contributed by atoms with van der Waals surface area (Å²) in [5, 5.41) is 9.58. The molecule has 2 aliphatic rings. The number of hydrogen-bond acceptors (Lipinski definition) is 2. The summed E-state index contributed by atoms with van der Waals surface area (Å²) < 4.78 is 0.987. The molecule has 0 atom stereocenters. The average Bonchev–Trinajstić information content (AvgIpc) is 3.21. The summed E-state index contributed by atoms with van der Waals surface area (Å²) in [5.74, 6) is -0.851. The molecule has 0 bridgehead atoms. The Morgan fingerprint density at radius 2 is 1.86 bits per heavy atom. The van der Waals surface area contributed by atoms with E-state index in [9.17, 15) is 9.59 Å². The number of aliphatic carboxylic acids is 1. The van der Waals surface area contributed by atoms with Crippen molar-refractivity contribution in [3.63, 3.8) is 0 Å². The van der Waals surface area contributed by atoms with Crippen molar-refractivity contribution in [3.8, 4) is 0 Å². The number of carboxylic acid groups (broad SMARTS) is 1. The van der Waals surface area contributed by atoms with Crippen LogP contribution in [0.5, 0.6) is 0 Å². The second-order valence-electron chi connectivity index (χ2n) is 7.19. The lowest BCUT2D eigenvalue weighted by Gasteiger charge is -2.09. The van der Waals surface area contributed by atoms with Gasteiger partial charge in [-0.3, -0.25) is 9.59 Å². The highest BCUT2D eigenvalue weighted by Crippen LogP contribution is 2.42. The molecule has 0 aromatic heterocycles. The van der Waals surface area contributed by atoms with Gasteiger partial charge in [0.25, 0.3) is 0 Å². The van der Waals surface area contributed by atoms with E-state index in [1.54, 1.807) is 0 Å². The van der Waals surface area contributed by atoms with E-state index in [1.165, 1.54) is 5.56 Å². The van der Waals surface area contributed by atoms with Crippen LogP contribution in [0.15, 0.2) is 52.0 Å². The second-order valence-corrected chi connectivity index (χ2v) is 8.54. The van der Waals surface area contributed by atoms with E-state index in [0.717, 1.165) is 44.3 Å². The van der Waals surface area contributed by atoms with E-state index in [4.69, 9.17) is 16.7 Å². The first-order chi connectivity index (χ1) is 13.4. The average molecular weight is 458 g/mol. The number of carbonyl (C=O) groups excluding carboxylic acids is 1. The molecule has 3 nitrogen and oxygen atoms in total. The highest BCUT2D eigenvalue weighted by Gasteiger charge is 2.30. The fourth-order valence-electron chi connectivity index (χ4n) is 4.01. The third-order valence-electron chi connectivity index (χ3n) is 5.29. The highest BCUT2D eigenvalue weighted by atomic mass is 79.9. The maximum Gasteiger partial charge on any atom is 0.303 e. The molecule has 2 aromatic rings. The number of allylic oxidation sites excluding steroid dienone is 3. The third kappa shape index (κ3) is 3.71. The normalized spacial score (nSPS) is 14.7. The largest absolute Gasteiger partial charge is 0.481 e. The van der Waals surface area contributed by atoms with Crippen molar-refractivity contribution in [2.75, 3.05) is 0 Å². The predicted molar refractivity (Wildman–Crippen MR) is 114 cm³/mol. The summed E-state index contributed by atoms with van der Waals surface area (Å²) in [7, 11) is 0. The lowest BCUT2D eigenvalue weighted by molar-refractivity contribution is -0.137. The summed E-state index contributed by atoms with van der Waals surface area (Å²) in [6.07, 6.45) is 4.22. The standard InChI is InChI=1S/C23H18BrClO3/c24-17-5-7-19-16(10-17)12-20(23(19)21(26)2-1-3-22(27)28)15-8-13-4-6-18(25)11-14(13)9-15/h4-7,9-11H,1-3,8,12H2,(H,27,28). The topological polar surface area (TPSA) is 54.4 Å². The second kappa shape index (κ2) is 7.69. The number of carboxylic acids is 1. The minimum Gasteiger partial charge on any atom is -0.481 e. The minimum atomic E-state index is -0.872. The van der Waals surface area contributed by atoms with Gasteiger partial charge in [0.2, 0.25) is 0 Å². The first-order valence-corrected chi connectivity index (χ1v) is 10.4. The zero-order chi connectivity index (χ0) is 19.8. The fraction of sp³-hybridized carbons (Fsp3) is 0.217. The van der Waals surface area contributed by atoms with Gasteiger partial charge in [-0.15, -0.1) is 0 Å². The summed E-state index contributed by atoms with van der Waals surface area (Å²) in [4.78, 5) is 23.9. The van der Waals surface area contributed by atoms with Crippen LogP contribution >= 0.6 is 27.5 Å². The Bertz CT molecular complexity index is 1070. The Morgan fingerprint density at radius 1 is 1.04 bits per heavy atom. The summed E-state index contributed by atoms with van der Waals surface area (Å²) >= 11 is 9.65. The first kappa shape index (κ1) is 19.2. The molecule has 0 spiro atoms. The minimum absolute atomic E-state index is 0.00812. The van der Waals surface area contributed by atoms with E-state index >= 15 is 0 Å². The molecule has 0 heterocycles. The maximum atomic E-state index is 13.1. The van der Waals surface area contributed by atoms with Crippen LogP contribution in [0, 0.1) is 0 Å². The van der Waals surface area contributed by atoms with E-state index in [1.807, 2.05) is 30.3 Å². The van der Waals surface area contributed by atoms with E-state index < -0.39 is 5.97 Å². The number of benzene rings is 2. The zero-order valence-electron chi connectivity index (χ0n) is 15.1. The number of ketones is 1. The van der Waals surface area contributed by atoms with Crippen molar-refractivity contribution in [1.82, 2.24) is 0 Å². The number of rotatable bonds is 6. The molecule has 142 valence electrons. The van der Waals surface area contributed by atoms with Gasteiger partial charge in [-0.2, -0.15) is 0 Å². The smallest absolute Gasteiger partial charge is 0.303 e. The molecule has 0 fully saturated rings. The molecule has 28 heavy (non-hydrogen) atoms. The Hall–Kier alpha value is -2.17. The van der Waals surface area contributed by atoms with Gasteiger partial charge in [-0.25, -0.2) is 0 Å². The molecule has 5 heteroatoms. The van der Waals surface area contributed by atoms with Crippen LogP contribution in [0.4, 0.5) is 0 Å². The fourth-order valence-corrected chi connectivity index (χ4v) is 4.60. The van der Waals surface area contributed by atoms with Crippen LogP contribution in [0.2, 0.25) is 5.02 Å². The van der Waals surface area contributed by atoms with Gasteiger partial charge in [0.1, 0.15) is 0 Å². The number of hydrogen-bond donors (Lipinski definition) is 1. The molecule has 0 saturated carbocycles. The van der Waals surface area contributed by atoms with Gasteiger partial charge in [0.15, 0.2) is 5.78 Å². The van der Waals surface area contributed by atoms with Crippen molar-refractivity contribution in [2.24, 2.45) is 0 Å². The number of carbonyl (C=O) groups is 2. The molecule has 2 aliphatic carbocycles.